The Kier molecular flexibility index (Phi) is 3.75. The van der Waals surface area contributed by atoms with Crippen LogP contribution in [0.2, 0.25) is 5.02 Å². The van der Waals surface area contributed by atoms with Crippen LogP contribution in [0.4, 0.5) is 5.69 Å². The van der Waals surface area contributed by atoms with Crippen LogP contribution in [0.3, 0.4) is 0 Å². The van der Waals surface area contributed by atoms with Gasteiger partial charge in [0.15, 0.2) is 0 Å². The maximum atomic E-state index is 5.87. The summed E-state index contributed by atoms with van der Waals surface area (Å²) >= 11 is 7.57. The number of anilines is 1. The van der Waals surface area contributed by atoms with Crippen molar-refractivity contribution in [2.45, 2.75) is 10.6 Å². The molecule has 1 nitrogen and oxygen atoms in total. The molecule has 2 aromatic carbocycles. The van der Waals surface area contributed by atoms with Crippen molar-refractivity contribution in [1.29, 1.82) is 0 Å². The summed E-state index contributed by atoms with van der Waals surface area (Å²) in [5.41, 5.74) is 7.95. The van der Waals surface area contributed by atoms with E-state index in [2.05, 4.69) is 0 Å². The van der Waals surface area contributed by atoms with Crippen LogP contribution in [0.15, 0.2) is 53.4 Å². The fourth-order valence-corrected chi connectivity index (χ4v) is 2.40. The van der Waals surface area contributed by atoms with Crippen molar-refractivity contribution in [2.75, 3.05) is 5.73 Å². The molecule has 0 bridgehead atoms. The first kappa shape index (κ1) is 11.4. The Morgan fingerprint density at radius 1 is 1.00 bits per heavy atom. The smallest absolute Gasteiger partial charge is 0.0452 e. The van der Waals surface area contributed by atoms with Crippen molar-refractivity contribution in [3.63, 3.8) is 0 Å². The Labute approximate surface area is 105 Å². The van der Waals surface area contributed by atoms with Crippen LogP contribution in [-0.4, -0.2) is 0 Å². The minimum absolute atomic E-state index is 0.771. The number of benzene rings is 2. The number of para-hydroxylation sites is 1. The van der Waals surface area contributed by atoms with Crippen molar-refractivity contribution < 1.29 is 0 Å². The van der Waals surface area contributed by atoms with Crippen molar-refractivity contribution in [1.82, 2.24) is 0 Å². The van der Waals surface area contributed by atoms with E-state index in [9.17, 15) is 0 Å². The van der Waals surface area contributed by atoms with E-state index in [0.717, 1.165) is 21.4 Å². The summed E-state index contributed by atoms with van der Waals surface area (Å²) in [5.74, 6) is 0.908. The molecule has 0 radical (unpaired) electrons. The summed E-state index contributed by atoms with van der Waals surface area (Å²) in [6.45, 7) is 0. The minimum atomic E-state index is 0.771. The molecule has 16 heavy (non-hydrogen) atoms. The highest BCUT2D eigenvalue weighted by Crippen LogP contribution is 2.27. The predicted molar refractivity (Wildman–Crippen MR) is 71.9 cm³/mol. The van der Waals surface area contributed by atoms with Crippen LogP contribution in [0.1, 0.15) is 5.56 Å². The minimum Gasteiger partial charge on any atom is -0.398 e. The van der Waals surface area contributed by atoms with Gasteiger partial charge >= 0.3 is 0 Å². The summed E-state index contributed by atoms with van der Waals surface area (Å²) in [6, 6.07) is 15.8. The van der Waals surface area contributed by atoms with Crippen LogP contribution in [0, 0.1) is 0 Å². The van der Waals surface area contributed by atoms with Gasteiger partial charge in [0.2, 0.25) is 0 Å². The molecule has 0 unspecified atom stereocenters. The summed E-state index contributed by atoms with van der Waals surface area (Å²) in [7, 11) is 0. The zero-order chi connectivity index (χ0) is 11.4. The molecule has 0 atom stereocenters. The molecular formula is C13H12ClNS. The third-order valence-electron chi connectivity index (χ3n) is 2.23. The lowest BCUT2D eigenvalue weighted by molar-refractivity contribution is 1.38. The van der Waals surface area contributed by atoms with Crippen LogP contribution < -0.4 is 5.73 Å². The zero-order valence-corrected chi connectivity index (χ0v) is 10.3. The molecule has 0 amide bonds. The fourth-order valence-electron chi connectivity index (χ4n) is 1.35. The Balaban J connectivity index is 2.02. The Morgan fingerprint density at radius 3 is 2.38 bits per heavy atom. The van der Waals surface area contributed by atoms with Gasteiger partial charge in [-0.25, -0.2) is 0 Å². The lowest BCUT2D eigenvalue weighted by atomic mass is 10.2. The largest absolute Gasteiger partial charge is 0.398 e. The number of hydrogen-bond donors (Lipinski definition) is 1. The summed E-state index contributed by atoms with van der Waals surface area (Å²) < 4.78 is 0. The van der Waals surface area contributed by atoms with E-state index < -0.39 is 0 Å². The number of thioether (sulfide) groups is 1. The topological polar surface area (TPSA) is 26.0 Å². The molecule has 0 aromatic heterocycles. The maximum Gasteiger partial charge on any atom is 0.0452 e. The predicted octanol–water partition coefficient (Wildman–Crippen LogP) is 4.21. The molecule has 3 heteroatoms. The van der Waals surface area contributed by atoms with Crippen molar-refractivity contribution in [2.24, 2.45) is 0 Å². The third kappa shape index (κ3) is 2.94. The van der Waals surface area contributed by atoms with E-state index in [4.69, 9.17) is 17.3 Å². The van der Waals surface area contributed by atoms with Gasteiger partial charge in [0, 0.05) is 21.4 Å². The lowest BCUT2D eigenvalue weighted by Gasteiger charge is -2.04. The molecule has 2 N–H and O–H groups in total. The lowest BCUT2D eigenvalue weighted by Crippen LogP contribution is -1.88. The molecule has 0 aliphatic carbocycles. The molecule has 0 aliphatic heterocycles. The van der Waals surface area contributed by atoms with E-state index in [1.54, 1.807) is 11.8 Å². The summed E-state index contributed by atoms with van der Waals surface area (Å²) in [4.78, 5) is 1.12. The molecule has 0 spiro atoms. The van der Waals surface area contributed by atoms with E-state index >= 15 is 0 Å². The average molecular weight is 250 g/mol. The third-order valence-corrected chi connectivity index (χ3v) is 3.64. The highest BCUT2D eigenvalue weighted by Gasteiger charge is 1.99. The van der Waals surface area contributed by atoms with Gasteiger partial charge in [-0.3, -0.25) is 0 Å². The summed E-state index contributed by atoms with van der Waals surface area (Å²) in [6.07, 6.45) is 0. The molecule has 0 saturated carbocycles. The van der Waals surface area contributed by atoms with Crippen molar-refractivity contribution in [3.05, 3.63) is 59.1 Å². The van der Waals surface area contributed by atoms with E-state index in [-0.39, 0.29) is 0 Å². The van der Waals surface area contributed by atoms with E-state index in [1.165, 1.54) is 5.56 Å². The molecular weight excluding hydrogens is 238 g/mol. The number of rotatable bonds is 3. The highest BCUT2D eigenvalue weighted by atomic mass is 35.5. The van der Waals surface area contributed by atoms with Crippen LogP contribution in [-0.2, 0) is 5.75 Å². The van der Waals surface area contributed by atoms with Crippen molar-refractivity contribution in [3.8, 4) is 0 Å². The van der Waals surface area contributed by atoms with Gasteiger partial charge < -0.3 is 5.73 Å². The second-order valence-corrected chi connectivity index (χ2v) is 4.91. The molecule has 0 fully saturated rings. The van der Waals surface area contributed by atoms with Crippen molar-refractivity contribution >= 4 is 29.1 Å². The number of nitrogens with two attached hydrogens (primary N) is 1. The Bertz CT molecular complexity index is 468. The van der Waals surface area contributed by atoms with Crippen LogP contribution in [0.25, 0.3) is 0 Å². The highest BCUT2D eigenvalue weighted by molar-refractivity contribution is 7.98. The van der Waals surface area contributed by atoms with E-state index in [1.807, 2.05) is 48.5 Å². The van der Waals surface area contributed by atoms with Gasteiger partial charge in [-0.2, -0.15) is 0 Å². The molecule has 2 aromatic rings. The van der Waals surface area contributed by atoms with Crippen LogP contribution in [0.5, 0.6) is 0 Å². The first-order valence-corrected chi connectivity index (χ1v) is 6.34. The molecule has 82 valence electrons. The second kappa shape index (κ2) is 5.28. The fraction of sp³-hybridized carbons (Fsp3) is 0.0769. The standard InChI is InChI=1S/C13H12ClNS/c14-11-7-5-10(6-8-11)9-16-13-4-2-1-3-12(13)15/h1-8H,9,15H2. The van der Waals surface area contributed by atoms with Gasteiger partial charge in [-0.1, -0.05) is 35.9 Å². The Morgan fingerprint density at radius 2 is 1.69 bits per heavy atom. The normalized spacial score (nSPS) is 10.3. The maximum absolute atomic E-state index is 5.87. The first-order chi connectivity index (χ1) is 7.75. The van der Waals surface area contributed by atoms with Gasteiger partial charge in [-0.05, 0) is 29.8 Å². The Hall–Kier alpha value is -1.12. The van der Waals surface area contributed by atoms with Gasteiger partial charge in [0.1, 0.15) is 0 Å². The average Bonchev–Trinajstić information content (AvgIpc) is 2.30. The van der Waals surface area contributed by atoms with Gasteiger partial charge in [0.25, 0.3) is 0 Å². The van der Waals surface area contributed by atoms with Gasteiger partial charge in [0.05, 0.1) is 0 Å². The number of nitrogen functional groups attached to an aromatic ring is 1. The SMILES string of the molecule is Nc1ccccc1SCc1ccc(Cl)cc1. The number of hydrogen-bond acceptors (Lipinski definition) is 2. The first-order valence-electron chi connectivity index (χ1n) is 4.97. The molecule has 2 rings (SSSR count). The molecule has 0 saturated heterocycles. The zero-order valence-electron chi connectivity index (χ0n) is 8.69. The second-order valence-electron chi connectivity index (χ2n) is 3.45. The molecule has 0 aliphatic rings. The van der Waals surface area contributed by atoms with Gasteiger partial charge in [-0.15, -0.1) is 11.8 Å². The van der Waals surface area contributed by atoms with E-state index in [0.29, 0.717) is 0 Å². The monoisotopic (exact) mass is 249 g/mol. The van der Waals surface area contributed by atoms with Crippen LogP contribution >= 0.6 is 23.4 Å². The number of halogens is 1. The molecule has 0 heterocycles. The quantitative estimate of drug-likeness (QED) is 0.651. The summed E-state index contributed by atoms with van der Waals surface area (Å²) in [5, 5.41) is 0.771.